The third-order valence-electron chi connectivity index (χ3n) is 4.38. The largest absolute Gasteiger partial charge is 0.444 e. The smallest absolute Gasteiger partial charge is 0.226 e. The number of aromatic nitrogens is 1. The lowest BCUT2D eigenvalue weighted by molar-refractivity contribution is 0.164. The zero-order valence-electron chi connectivity index (χ0n) is 12.8. The van der Waals surface area contributed by atoms with Crippen molar-refractivity contribution in [1.29, 1.82) is 0 Å². The van der Waals surface area contributed by atoms with Crippen LogP contribution in [0.4, 0.5) is 0 Å². The Balaban J connectivity index is 1.61. The Labute approximate surface area is 136 Å². The molecule has 1 atom stereocenters. The molecule has 1 saturated heterocycles. The summed E-state index contributed by atoms with van der Waals surface area (Å²) in [5, 5.41) is 0.690. The van der Waals surface area contributed by atoms with Gasteiger partial charge in [0.2, 0.25) is 5.89 Å². The third kappa shape index (κ3) is 3.69. The van der Waals surface area contributed by atoms with Crippen molar-refractivity contribution in [3.8, 4) is 11.5 Å². The van der Waals surface area contributed by atoms with E-state index >= 15 is 0 Å². The normalized spacial score (nSPS) is 18.5. The molecule has 1 fully saturated rings. The SMILES string of the molecule is CC(N)C1CCN(Cc2coc(-c3cccc(Cl)c3)n2)CC1. The van der Waals surface area contributed by atoms with Gasteiger partial charge in [-0.05, 0) is 57.0 Å². The summed E-state index contributed by atoms with van der Waals surface area (Å²) in [5.41, 5.74) is 7.87. The minimum Gasteiger partial charge on any atom is -0.444 e. The van der Waals surface area contributed by atoms with Crippen LogP contribution in [0.5, 0.6) is 0 Å². The molecule has 1 aromatic carbocycles. The second kappa shape index (κ2) is 6.82. The van der Waals surface area contributed by atoms with E-state index in [0.717, 1.165) is 43.7 Å². The van der Waals surface area contributed by atoms with Gasteiger partial charge in [0.15, 0.2) is 0 Å². The summed E-state index contributed by atoms with van der Waals surface area (Å²) in [5.74, 6) is 1.28. The van der Waals surface area contributed by atoms with E-state index < -0.39 is 0 Å². The van der Waals surface area contributed by atoms with Crippen LogP contribution in [0.3, 0.4) is 0 Å². The Hall–Kier alpha value is -1.36. The van der Waals surface area contributed by atoms with Crippen molar-refractivity contribution < 1.29 is 4.42 Å². The first-order valence-corrected chi connectivity index (χ1v) is 8.18. The molecule has 2 N–H and O–H groups in total. The Morgan fingerprint density at radius 1 is 1.41 bits per heavy atom. The van der Waals surface area contributed by atoms with Gasteiger partial charge in [-0.2, -0.15) is 0 Å². The molecule has 1 unspecified atom stereocenters. The second-order valence-corrected chi connectivity index (χ2v) is 6.56. The van der Waals surface area contributed by atoms with Crippen LogP contribution in [0.2, 0.25) is 5.02 Å². The zero-order valence-corrected chi connectivity index (χ0v) is 13.6. The summed E-state index contributed by atoms with van der Waals surface area (Å²) in [7, 11) is 0. The second-order valence-electron chi connectivity index (χ2n) is 6.13. The molecular weight excluding hydrogens is 298 g/mol. The quantitative estimate of drug-likeness (QED) is 0.936. The van der Waals surface area contributed by atoms with Crippen molar-refractivity contribution in [3.63, 3.8) is 0 Å². The lowest BCUT2D eigenvalue weighted by atomic mass is 9.91. The number of piperidine rings is 1. The van der Waals surface area contributed by atoms with Crippen LogP contribution in [-0.2, 0) is 6.54 Å². The van der Waals surface area contributed by atoms with E-state index in [9.17, 15) is 0 Å². The summed E-state index contributed by atoms with van der Waals surface area (Å²) in [4.78, 5) is 6.99. The third-order valence-corrected chi connectivity index (χ3v) is 4.62. The summed E-state index contributed by atoms with van der Waals surface area (Å²) in [6, 6.07) is 7.86. The summed E-state index contributed by atoms with van der Waals surface area (Å²) < 4.78 is 5.59. The summed E-state index contributed by atoms with van der Waals surface area (Å²) >= 11 is 6.01. The van der Waals surface area contributed by atoms with Gasteiger partial charge in [0.25, 0.3) is 0 Å². The van der Waals surface area contributed by atoms with Gasteiger partial charge in [-0.3, -0.25) is 4.90 Å². The maximum absolute atomic E-state index is 6.01. The molecule has 2 aromatic rings. The van der Waals surface area contributed by atoms with Crippen molar-refractivity contribution in [2.24, 2.45) is 11.7 Å². The first-order chi connectivity index (χ1) is 10.6. The molecule has 22 heavy (non-hydrogen) atoms. The predicted molar refractivity (Wildman–Crippen MR) is 88.6 cm³/mol. The van der Waals surface area contributed by atoms with E-state index in [1.165, 1.54) is 0 Å². The maximum Gasteiger partial charge on any atom is 0.226 e. The monoisotopic (exact) mass is 319 g/mol. The van der Waals surface area contributed by atoms with E-state index in [0.29, 0.717) is 22.9 Å². The van der Waals surface area contributed by atoms with Gasteiger partial charge in [0.05, 0.1) is 5.69 Å². The lowest BCUT2D eigenvalue weighted by Gasteiger charge is -2.33. The highest BCUT2D eigenvalue weighted by molar-refractivity contribution is 6.30. The van der Waals surface area contributed by atoms with Gasteiger partial charge in [0.1, 0.15) is 6.26 Å². The average molecular weight is 320 g/mol. The molecule has 1 aliphatic rings. The summed E-state index contributed by atoms with van der Waals surface area (Å²) in [6.45, 7) is 5.09. The first kappa shape index (κ1) is 15.5. The molecule has 3 rings (SSSR count). The molecule has 5 heteroatoms. The summed E-state index contributed by atoms with van der Waals surface area (Å²) in [6.07, 6.45) is 4.07. The number of benzene rings is 1. The fourth-order valence-electron chi connectivity index (χ4n) is 3.00. The van der Waals surface area contributed by atoms with Crippen molar-refractivity contribution >= 4 is 11.6 Å². The first-order valence-electron chi connectivity index (χ1n) is 7.80. The van der Waals surface area contributed by atoms with Crippen LogP contribution in [-0.4, -0.2) is 29.0 Å². The number of hydrogen-bond acceptors (Lipinski definition) is 4. The molecule has 0 amide bonds. The van der Waals surface area contributed by atoms with Gasteiger partial charge < -0.3 is 10.2 Å². The molecule has 0 bridgehead atoms. The number of rotatable bonds is 4. The van der Waals surface area contributed by atoms with Gasteiger partial charge in [-0.25, -0.2) is 4.98 Å². The number of nitrogens with two attached hydrogens (primary N) is 1. The molecule has 0 spiro atoms. The molecule has 0 saturated carbocycles. The van der Waals surface area contributed by atoms with E-state index in [1.54, 1.807) is 6.26 Å². The highest BCUT2D eigenvalue weighted by Crippen LogP contribution is 2.24. The fraction of sp³-hybridized carbons (Fsp3) is 0.471. The molecular formula is C17H22ClN3O. The van der Waals surface area contributed by atoms with E-state index in [4.69, 9.17) is 21.8 Å². The number of nitrogens with zero attached hydrogens (tertiary/aromatic N) is 2. The highest BCUT2D eigenvalue weighted by atomic mass is 35.5. The van der Waals surface area contributed by atoms with Crippen LogP contribution >= 0.6 is 11.6 Å². The zero-order chi connectivity index (χ0) is 15.5. The standard InChI is InChI=1S/C17H22ClN3O/c1-12(19)13-5-7-21(8-6-13)10-16-11-22-17(20-16)14-3-2-4-15(18)9-14/h2-4,9,11-13H,5-8,10,19H2,1H3. The van der Waals surface area contributed by atoms with Crippen LogP contribution < -0.4 is 5.73 Å². The Morgan fingerprint density at radius 3 is 2.86 bits per heavy atom. The van der Waals surface area contributed by atoms with Crippen molar-refractivity contribution in [2.45, 2.75) is 32.4 Å². The fourth-order valence-corrected chi connectivity index (χ4v) is 3.19. The predicted octanol–water partition coefficient (Wildman–Crippen LogP) is 3.55. The number of oxazole rings is 1. The van der Waals surface area contributed by atoms with Gasteiger partial charge >= 0.3 is 0 Å². The van der Waals surface area contributed by atoms with Gasteiger partial charge in [0, 0.05) is 23.2 Å². The highest BCUT2D eigenvalue weighted by Gasteiger charge is 2.22. The molecule has 0 aliphatic carbocycles. The van der Waals surface area contributed by atoms with E-state index in [2.05, 4.69) is 16.8 Å². The van der Waals surface area contributed by atoms with Gasteiger partial charge in [-0.15, -0.1) is 0 Å². The van der Waals surface area contributed by atoms with Crippen molar-refractivity contribution in [2.75, 3.05) is 13.1 Å². The minimum absolute atomic E-state index is 0.295. The molecule has 4 nitrogen and oxygen atoms in total. The molecule has 1 aromatic heterocycles. The number of hydrogen-bond donors (Lipinski definition) is 1. The Bertz CT molecular complexity index is 618. The molecule has 1 aliphatic heterocycles. The van der Waals surface area contributed by atoms with Crippen molar-refractivity contribution in [1.82, 2.24) is 9.88 Å². The molecule has 2 heterocycles. The van der Waals surface area contributed by atoms with Crippen LogP contribution in [0, 0.1) is 5.92 Å². The number of likely N-dealkylation sites (tertiary alicyclic amines) is 1. The lowest BCUT2D eigenvalue weighted by Crippen LogP contribution is -2.39. The minimum atomic E-state index is 0.295. The Morgan fingerprint density at radius 2 is 2.18 bits per heavy atom. The van der Waals surface area contributed by atoms with Crippen molar-refractivity contribution in [3.05, 3.63) is 41.2 Å². The molecule has 118 valence electrons. The van der Waals surface area contributed by atoms with Crippen LogP contribution in [0.1, 0.15) is 25.5 Å². The van der Waals surface area contributed by atoms with Crippen LogP contribution in [0.25, 0.3) is 11.5 Å². The molecule has 0 radical (unpaired) electrons. The topological polar surface area (TPSA) is 55.3 Å². The van der Waals surface area contributed by atoms with Crippen LogP contribution in [0.15, 0.2) is 34.9 Å². The maximum atomic E-state index is 6.01. The van der Waals surface area contributed by atoms with E-state index in [1.807, 2.05) is 24.3 Å². The number of halogens is 1. The Kier molecular flexibility index (Phi) is 4.81. The average Bonchev–Trinajstić information content (AvgIpc) is 2.96. The van der Waals surface area contributed by atoms with E-state index in [-0.39, 0.29) is 0 Å². The van der Waals surface area contributed by atoms with Gasteiger partial charge in [-0.1, -0.05) is 17.7 Å².